The molecule has 0 aliphatic rings. The maximum absolute atomic E-state index is 11.9. The summed E-state index contributed by atoms with van der Waals surface area (Å²) in [7, 11) is 3.22. The molecular weight excluding hydrogens is 304 g/mol. The molecule has 0 radical (unpaired) electrons. The number of carbonyl (C=O) groups is 1. The fraction of sp³-hybridized carbons (Fsp3) is 0.316. The van der Waals surface area contributed by atoms with Gasteiger partial charge in [0.25, 0.3) is 0 Å². The first-order valence-corrected chi connectivity index (χ1v) is 7.99. The van der Waals surface area contributed by atoms with Crippen molar-refractivity contribution in [2.24, 2.45) is 0 Å². The van der Waals surface area contributed by atoms with Gasteiger partial charge in [-0.3, -0.25) is 4.79 Å². The van der Waals surface area contributed by atoms with E-state index < -0.39 is 0 Å². The highest BCUT2D eigenvalue weighted by atomic mass is 16.5. The Morgan fingerprint density at radius 1 is 1.00 bits per heavy atom. The van der Waals surface area contributed by atoms with Crippen molar-refractivity contribution in [1.82, 2.24) is 5.32 Å². The molecule has 2 aromatic rings. The van der Waals surface area contributed by atoms with Crippen molar-refractivity contribution in [2.75, 3.05) is 32.6 Å². The van der Waals surface area contributed by atoms with E-state index in [1.54, 1.807) is 14.2 Å². The zero-order chi connectivity index (χ0) is 17.2. The van der Waals surface area contributed by atoms with Crippen LogP contribution in [0, 0.1) is 0 Å². The lowest BCUT2D eigenvalue weighted by molar-refractivity contribution is -0.120. The number of benzene rings is 2. The lowest BCUT2D eigenvalue weighted by Gasteiger charge is -2.12. The first kappa shape index (κ1) is 17.7. The molecule has 0 aliphatic heterocycles. The highest BCUT2D eigenvalue weighted by molar-refractivity contribution is 5.76. The van der Waals surface area contributed by atoms with Gasteiger partial charge >= 0.3 is 0 Å². The predicted molar refractivity (Wildman–Crippen MR) is 95.8 cm³/mol. The Labute approximate surface area is 143 Å². The second-order valence-electron chi connectivity index (χ2n) is 5.33. The number of methoxy groups -OCH3 is 2. The van der Waals surface area contributed by atoms with Crippen LogP contribution in [0.1, 0.15) is 12.0 Å². The van der Waals surface area contributed by atoms with Crippen LogP contribution in [0.2, 0.25) is 0 Å². The van der Waals surface area contributed by atoms with Gasteiger partial charge in [-0.15, -0.1) is 0 Å². The quantitative estimate of drug-likeness (QED) is 0.743. The van der Waals surface area contributed by atoms with Gasteiger partial charge in [0.05, 0.1) is 19.9 Å². The van der Waals surface area contributed by atoms with E-state index in [0.717, 1.165) is 17.9 Å². The first-order chi connectivity index (χ1) is 11.7. The molecule has 0 saturated heterocycles. The van der Waals surface area contributed by atoms with Crippen molar-refractivity contribution >= 4 is 11.6 Å². The Morgan fingerprint density at radius 3 is 2.50 bits per heavy atom. The van der Waals surface area contributed by atoms with E-state index in [1.165, 1.54) is 5.56 Å². The number of nitrogens with one attached hydrogen (secondary N) is 2. The van der Waals surface area contributed by atoms with E-state index in [9.17, 15) is 4.79 Å². The molecule has 0 aromatic heterocycles. The van der Waals surface area contributed by atoms with Gasteiger partial charge in [-0.25, -0.2) is 0 Å². The molecule has 5 nitrogen and oxygen atoms in total. The Kier molecular flexibility index (Phi) is 6.95. The van der Waals surface area contributed by atoms with Crippen LogP contribution in [0.3, 0.4) is 0 Å². The fourth-order valence-electron chi connectivity index (χ4n) is 2.33. The van der Waals surface area contributed by atoms with Gasteiger partial charge in [0.1, 0.15) is 11.5 Å². The van der Waals surface area contributed by atoms with E-state index in [0.29, 0.717) is 25.3 Å². The molecule has 0 fully saturated rings. The summed E-state index contributed by atoms with van der Waals surface area (Å²) in [5, 5.41) is 6.15. The van der Waals surface area contributed by atoms with Gasteiger partial charge in [-0.05, 0) is 24.1 Å². The molecule has 0 bridgehead atoms. The minimum Gasteiger partial charge on any atom is -0.497 e. The van der Waals surface area contributed by atoms with E-state index in [1.807, 2.05) is 36.4 Å². The monoisotopic (exact) mass is 328 g/mol. The zero-order valence-corrected chi connectivity index (χ0v) is 14.2. The van der Waals surface area contributed by atoms with Gasteiger partial charge in [0.2, 0.25) is 5.91 Å². The largest absolute Gasteiger partial charge is 0.497 e. The molecular formula is C19H24N2O3. The summed E-state index contributed by atoms with van der Waals surface area (Å²) >= 11 is 0. The van der Waals surface area contributed by atoms with Crippen molar-refractivity contribution in [3.8, 4) is 11.5 Å². The highest BCUT2D eigenvalue weighted by Crippen LogP contribution is 2.28. The third-order valence-electron chi connectivity index (χ3n) is 3.65. The van der Waals surface area contributed by atoms with E-state index in [2.05, 4.69) is 22.8 Å². The van der Waals surface area contributed by atoms with Crippen LogP contribution in [0.4, 0.5) is 5.69 Å². The number of rotatable bonds is 9. The number of hydrogen-bond acceptors (Lipinski definition) is 4. The van der Waals surface area contributed by atoms with Gasteiger partial charge in [0, 0.05) is 25.6 Å². The maximum Gasteiger partial charge on any atom is 0.221 e. The van der Waals surface area contributed by atoms with Crippen molar-refractivity contribution in [3.05, 3.63) is 54.1 Å². The number of carbonyl (C=O) groups excluding carboxylic acids is 1. The van der Waals surface area contributed by atoms with E-state index in [-0.39, 0.29) is 5.91 Å². The molecule has 128 valence electrons. The first-order valence-electron chi connectivity index (χ1n) is 7.99. The standard InChI is InChI=1S/C19H24N2O3/c1-23-16-8-9-17(18(14-16)24-2)20-13-11-19(22)21-12-10-15-6-4-3-5-7-15/h3-9,14,20H,10-13H2,1-2H3,(H,21,22). The summed E-state index contributed by atoms with van der Waals surface area (Å²) in [4.78, 5) is 11.9. The third-order valence-corrected chi connectivity index (χ3v) is 3.65. The summed E-state index contributed by atoms with van der Waals surface area (Å²) in [5.74, 6) is 1.46. The molecule has 0 atom stereocenters. The summed E-state index contributed by atoms with van der Waals surface area (Å²) in [6.07, 6.45) is 1.25. The van der Waals surface area contributed by atoms with Crippen molar-refractivity contribution in [2.45, 2.75) is 12.8 Å². The second kappa shape index (κ2) is 9.45. The van der Waals surface area contributed by atoms with E-state index in [4.69, 9.17) is 9.47 Å². The molecule has 0 unspecified atom stereocenters. The Balaban J connectivity index is 1.70. The normalized spacial score (nSPS) is 10.1. The Hall–Kier alpha value is -2.69. The van der Waals surface area contributed by atoms with Crippen molar-refractivity contribution < 1.29 is 14.3 Å². The predicted octanol–water partition coefficient (Wildman–Crippen LogP) is 2.86. The molecule has 0 saturated carbocycles. The van der Waals surface area contributed by atoms with Crippen molar-refractivity contribution in [3.63, 3.8) is 0 Å². The van der Waals surface area contributed by atoms with Crippen LogP contribution in [-0.4, -0.2) is 33.2 Å². The summed E-state index contributed by atoms with van der Waals surface area (Å²) < 4.78 is 10.5. The minimum atomic E-state index is 0.0332. The lowest BCUT2D eigenvalue weighted by atomic mass is 10.1. The molecule has 24 heavy (non-hydrogen) atoms. The molecule has 1 amide bonds. The lowest BCUT2D eigenvalue weighted by Crippen LogP contribution is -2.27. The summed E-state index contributed by atoms with van der Waals surface area (Å²) in [6, 6.07) is 15.7. The number of ether oxygens (including phenoxy) is 2. The van der Waals surface area contributed by atoms with Crippen LogP contribution in [0.15, 0.2) is 48.5 Å². The molecule has 0 heterocycles. The summed E-state index contributed by atoms with van der Waals surface area (Å²) in [6.45, 7) is 1.19. The second-order valence-corrected chi connectivity index (χ2v) is 5.33. The van der Waals surface area contributed by atoms with Crippen LogP contribution in [0.5, 0.6) is 11.5 Å². The molecule has 5 heteroatoms. The Morgan fingerprint density at radius 2 is 1.79 bits per heavy atom. The van der Waals surface area contributed by atoms with E-state index >= 15 is 0 Å². The van der Waals surface area contributed by atoms with Crippen LogP contribution >= 0.6 is 0 Å². The average Bonchev–Trinajstić information content (AvgIpc) is 2.62. The highest BCUT2D eigenvalue weighted by Gasteiger charge is 2.06. The number of amides is 1. The smallest absolute Gasteiger partial charge is 0.221 e. The maximum atomic E-state index is 11.9. The fourth-order valence-corrected chi connectivity index (χ4v) is 2.33. The van der Waals surface area contributed by atoms with Crippen LogP contribution < -0.4 is 20.1 Å². The zero-order valence-electron chi connectivity index (χ0n) is 14.2. The molecule has 2 N–H and O–H groups in total. The number of hydrogen-bond donors (Lipinski definition) is 2. The average molecular weight is 328 g/mol. The molecule has 0 aliphatic carbocycles. The van der Waals surface area contributed by atoms with Crippen LogP contribution in [-0.2, 0) is 11.2 Å². The van der Waals surface area contributed by atoms with Gasteiger partial charge in [-0.1, -0.05) is 30.3 Å². The SMILES string of the molecule is COc1ccc(NCCC(=O)NCCc2ccccc2)c(OC)c1. The van der Waals surface area contributed by atoms with Gasteiger partial charge in [0.15, 0.2) is 0 Å². The minimum absolute atomic E-state index is 0.0332. The molecule has 2 aromatic carbocycles. The van der Waals surface area contributed by atoms with Crippen LogP contribution in [0.25, 0.3) is 0 Å². The van der Waals surface area contributed by atoms with Gasteiger partial charge < -0.3 is 20.1 Å². The number of anilines is 1. The topological polar surface area (TPSA) is 59.6 Å². The third kappa shape index (κ3) is 5.50. The molecule has 2 rings (SSSR count). The molecule has 0 spiro atoms. The van der Waals surface area contributed by atoms with Crippen molar-refractivity contribution in [1.29, 1.82) is 0 Å². The van der Waals surface area contributed by atoms with Gasteiger partial charge in [-0.2, -0.15) is 0 Å². The Bertz CT molecular complexity index is 644. The summed E-state index contributed by atoms with van der Waals surface area (Å²) in [5.41, 5.74) is 2.06.